The van der Waals surface area contributed by atoms with Crippen molar-refractivity contribution in [1.29, 1.82) is 0 Å². The summed E-state index contributed by atoms with van der Waals surface area (Å²) in [7, 11) is 0. The molecule has 1 aliphatic rings. The van der Waals surface area contributed by atoms with Gasteiger partial charge in [0.1, 0.15) is 23.7 Å². The van der Waals surface area contributed by atoms with E-state index < -0.39 is 5.67 Å². The number of pyridine rings is 1. The molecule has 1 fully saturated rings. The Hall–Kier alpha value is -4.73. The van der Waals surface area contributed by atoms with Crippen molar-refractivity contribution in [3.8, 4) is 5.75 Å². The number of halogens is 1. The van der Waals surface area contributed by atoms with E-state index in [0.717, 1.165) is 35.2 Å². The van der Waals surface area contributed by atoms with E-state index in [1.54, 1.807) is 41.6 Å². The summed E-state index contributed by atoms with van der Waals surface area (Å²) < 4.78 is 19.9. The number of rotatable bonds is 11. The zero-order chi connectivity index (χ0) is 33.0. The number of phenolic OH excluding ortho intramolecular Hbond substituents is 1. The predicted molar refractivity (Wildman–Crippen MR) is 174 cm³/mol. The molecule has 3 N–H and O–H groups in total. The van der Waals surface area contributed by atoms with Gasteiger partial charge in [-0.2, -0.15) is 0 Å². The van der Waals surface area contributed by atoms with E-state index in [9.17, 15) is 19.1 Å². The number of aryl methyl sites for hydroxylation is 3. The third-order valence-corrected chi connectivity index (χ3v) is 8.29. The highest BCUT2D eigenvalue weighted by atomic mass is 19.1. The molecule has 0 aliphatic carbocycles. The molecule has 0 saturated carbocycles. The second-order valence-corrected chi connectivity index (χ2v) is 12.7. The Balaban J connectivity index is 1.15. The molecule has 10 heteroatoms. The van der Waals surface area contributed by atoms with Crippen LogP contribution in [0.15, 0.2) is 65.5 Å². The van der Waals surface area contributed by atoms with Crippen molar-refractivity contribution < 1.29 is 23.5 Å². The lowest BCUT2D eigenvalue weighted by Crippen LogP contribution is -2.34. The maximum Gasteiger partial charge on any atom is 0.254 e. The van der Waals surface area contributed by atoms with Crippen molar-refractivity contribution in [2.24, 2.45) is 0 Å². The molecule has 3 heterocycles. The molecule has 1 saturated heterocycles. The number of carbonyl (C=O) groups is 2. The number of nitrogens with zero attached hydrogens (tertiary/aromatic N) is 3. The molecule has 9 nitrogen and oxygen atoms in total. The summed E-state index contributed by atoms with van der Waals surface area (Å²) in [6.07, 6.45) is 7.72. The molecule has 0 unspecified atom stereocenters. The Morgan fingerprint density at radius 1 is 1.11 bits per heavy atom. The number of nitrogens with one attached hydrogen (secondary N) is 2. The summed E-state index contributed by atoms with van der Waals surface area (Å²) >= 11 is 0. The largest absolute Gasteiger partial charge is 0.506 e. The number of anilines is 1. The van der Waals surface area contributed by atoms with Crippen molar-refractivity contribution >= 4 is 17.5 Å². The summed E-state index contributed by atoms with van der Waals surface area (Å²) in [4.78, 5) is 37.1. The normalized spacial score (nSPS) is 15.5. The summed E-state index contributed by atoms with van der Waals surface area (Å²) in [6, 6.07) is 12.1. The minimum atomic E-state index is -1.48. The lowest BCUT2D eigenvalue weighted by atomic mass is 10.0. The van der Waals surface area contributed by atoms with Crippen LogP contribution >= 0.6 is 0 Å². The van der Waals surface area contributed by atoms with Crippen molar-refractivity contribution in [3.63, 3.8) is 0 Å². The number of benzene rings is 2. The molecule has 242 valence electrons. The van der Waals surface area contributed by atoms with Crippen LogP contribution in [0.1, 0.15) is 101 Å². The molecule has 2 aromatic heterocycles. The average molecular weight is 628 g/mol. The first kappa shape index (κ1) is 32.7. The summed E-state index contributed by atoms with van der Waals surface area (Å²) in [5.74, 6) is 0.267. The first-order chi connectivity index (χ1) is 21.9. The van der Waals surface area contributed by atoms with Crippen LogP contribution in [-0.2, 0) is 18.6 Å². The topological polar surface area (TPSA) is 121 Å². The lowest BCUT2D eigenvalue weighted by molar-refractivity contribution is 0.0715. The van der Waals surface area contributed by atoms with E-state index in [-0.39, 0.29) is 29.6 Å². The average Bonchev–Trinajstić information content (AvgIpc) is 3.67. The highest BCUT2D eigenvalue weighted by Crippen LogP contribution is 2.33. The van der Waals surface area contributed by atoms with Crippen LogP contribution in [0.5, 0.6) is 5.75 Å². The third kappa shape index (κ3) is 7.91. The highest BCUT2D eigenvalue weighted by molar-refractivity contribution is 6.00. The monoisotopic (exact) mass is 627 g/mol. The Morgan fingerprint density at radius 3 is 2.61 bits per heavy atom. The molecule has 46 heavy (non-hydrogen) atoms. The Bertz CT molecular complexity index is 1710. The van der Waals surface area contributed by atoms with Crippen molar-refractivity contribution in [2.75, 3.05) is 11.9 Å². The lowest BCUT2D eigenvalue weighted by Gasteiger charge is -2.23. The summed E-state index contributed by atoms with van der Waals surface area (Å²) in [5.41, 5.74) is 3.81. The number of carbonyl (C=O) groups excluding carboxylic acids is 2. The van der Waals surface area contributed by atoms with E-state index in [4.69, 9.17) is 4.42 Å². The molecule has 0 spiro atoms. The number of phenols is 1. The molecule has 2 amide bonds. The van der Waals surface area contributed by atoms with E-state index >= 15 is 0 Å². The fraction of sp³-hybridized carbons (Fsp3) is 0.389. The van der Waals surface area contributed by atoms with Crippen LogP contribution in [0.3, 0.4) is 0 Å². The number of likely N-dealkylation sites (tertiary alicyclic amines) is 1. The maximum absolute atomic E-state index is 14.3. The molecule has 2 aromatic carbocycles. The van der Waals surface area contributed by atoms with Crippen LogP contribution in [0.4, 0.5) is 10.1 Å². The van der Waals surface area contributed by atoms with Crippen molar-refractivity contribution in [1.82, 2.24) is 20.2 Å². The smallest absolute Gasteiger partial charge is 0.254 e. The Labute approximate surface area is 269 Å². The van der Waals surface area contributed by atoms with E-state index in [1.807, 2.05) is 39.0 Å². The summed E-state index contributed by atoms with van der Waals surface area (Å²) in [6.45, 7) is 9.64. The fourth-order valence-corrected chi connectivity index (χ4v) is 5.75. The van der Waals surface area contributed by atoms with Gasteiger partial charge in [-0.1, -0.05) is 6.07 Å². The summed E-state index contributed by atoms with van der Waals surface area (Å²) in [5, 5.41) is 16.9. The van der Waals surface area contributed by atoms with E-state index in [2.05, 4.69) is 20.6 Å². The van der Waals surface area contributed by atoms with E-state index in [1.165, 1.54) is 20.0 Å². The van der Waals surface area contributed by atoms with Crippen LogP contribution < -0.4 is 10.6 Å². The molecule has 0 bridgehead atoms. The van der Waals surface area contributed by atoms with Gasteiger partial charge in [0.05, 0.1) is 11.4 Å². The molecule has 1 aliphatic heterocycles. The number of hydrogen-bond acceptors (Lipinski definition) is 7. The van der Waals surface area contributed by atoms with Gasteiger partial charge in [-0.25, -0.2) is 9.37 Å². The predicted octanol–water partition coefficient (Wildman–Crippen LogP) is 6.94. The van der Waals surface area contributed by atoms with Crippen LogP contribution in [0, 0.1) is 13.8 Å². The van der Waals surface area contributed by atoms with Gasteiger partial charge in [-0.15, -0.1) is 0 Å². The van der Waals surface area contributed by atoms with Crippen LogP contribution in [-0.4, -0.2) is 44.4 Å². The van der Waals surface area contributed by atoms with Gasteiger partial charge in [0.25, 0.3) is 11.8 Å². The standard InChI is InChI=1S/C36H42FN5O4/c1-22-13-27(17-28(14-22)35(45)42-12-6-7-31(42)34-41-24(3)21-46-34)33(44)40-23(2)8-9-25-10-11-30(32(43)16-25)39-19-26-15-29(20-38-18-26)36(4,5)37/h10-11,13-18,20-21,23,31,39,43H,6-9,12,19H2,1-5H3,(H,40,44)/t23-,31+/m0/s1. The highest BCUT2D eigenvalue weighted by Gasteiger charge is 2.34. The van der Waals surface area contributed by atoms with Gasteiger partial charge in [-0.3, -0.25) is 14.6 Å². The van der Waals surface area contributed by atoms with Gasteiger partial charge in [0.15, 0.2) is 0 Å². The maximum atomic E-state index is 14.3. The number of alkyl halides is 1. The van der Waals surface area contributed by atoms with Gasteiger partial charge >= 0.3 is 0 Å². The number of aromatic hydroxyl groups is 1. The molecule has 0 radical (unpaired) electrons. The Kier molecular flexibility index (Phi) is 9.74. The number of oxazole rings is 1. The zero-order valence-corrected chi connectivity index (χ0v) is 27.1. The number of hydrogen-bond donors (Lipinski definition) is 3. The molecule has 4 aromatic rings. The number of amides is 2. The van der Waals surface area contributed by atoms with Gasteiger partial charge in [0.2, 0.25) is 5.89 Å². The SMILES string of the molecule is Cc1cc(C(=O)N[C@@H](C)CCc2ccc(NCc3cncc(C(C)(C)F)c3)c(O)c2)cc(C(=O)N2CCC[C@@H]2c2nc(C)co2)c1. The second-order valence-electron chi connectivity index (χ2n) is 12.7. The van der Waals surface area contributed by atoms with Crippen LogP contribution in [0.25, 0.3) is 0 Å². The zero-order valence-electron chi connectivity index (χ0n) is 27.1. The van der Waals surface area contributed by atoms with Crippen molar-refractivity contribution in [2.45, 2.75) is 84.6 Å². The van der Waals surface area contributed by atoms with Gasteiger partial charge < -0.3 is 25.1 Å². The first-order valence-electron chi connectivity index (χ1n) is 15.7. The van der Waals surface area contributed by atoms with E-state index in [0.29, 0.717) is 54.2 Å². The minimum absolute atomic E-state index is 0.110. The third-order valence-electron chi connectivity index (χ3n) is 8.29. The molecule has 5 rings (SSSR count). The molecule has 2 atom stereocenters. The minimum Gasteiger partial charge on any atom is -0.506 e. The number of aromatic nitrogens is 2. The van der Waals surface area contributed by atoms with Crippen molar-refractivity contribution in [3.05, 3.63) is 106 Å². The molecular weight excluding hydrogens is 585 g/mol. The first-order valence-corrected chi connectivity index (χ1v) is 15.7. The fourth-order valence-electron chi connectivity index (χ4n) is 5.75. The second kappa shape index (κ2) is 13.7. The molecular formula is C36H42FN5O4. The Morgan fingerprint density at radius 2 is 1.89 bits per heavy atom. The quantitative estimate of drug-likeness (QED) is 0.154. The van der Waals surface area contributed by atoms with Crippen LogP contribution in [0.2, 0.25) is 0 Å². The van der Waals surface area contributed by atoms with Gasteiger partial charge in [-0.05, 0) is 113 Å². The van der Waals surface area contributed by atoms with Gasteiger partial charge in [0, 0.05) is 48.2 Å².